The third kappa shape index (κ3) is 6.44. The van der Waals surface area contributed by atoms with Gasteiger partial charge in [-0.05, 0) is 41.3 Å². The number of thioether (sulfide) groups is 1. The Morgan fingerprint density at radius 3 is 2.78 bits per heavy atom. The monoisotopic (exact) mass is 260 g/mol. The second-order valence-corrected chi connectivity index (χ2v) is 4.30. The van der Waals surface area contributed by atoms with E-state index in [1.807, 2.05) is 36.4 Å². The highest BCUT2D eigenvalue weighted by atomic mass is 127. The maximum absolute atomic E-state index is 10.6. The highest BCUT2D eigenvalue weighted by molar-refractivity contribution is 14.1. The Balaban J connectivity index is 3.27. The predicted molar refractivity (Wildman–Crippen MR) is 48.1 cm³/mol. The number of carbonyl (C=O) groups is 1. The molecule has 0 heterocycles. The molecule has 0 aliphatic rings. The number of hydrogen-bond acceptors (Lipinski definition) is 3. The number of rotatable bonds is 2. The molecule has 4 heteroatoms. The molecule has 0 radical (unpaired) electrons. The van der Waals surface area contributed by atoms with E-state index in [0.29, 0.717) is 0 Å². The summed E-state index contributed by atoms with van der Waals surface area (Å²) in [5.74, 6) is 0.780. The Kier molecular flexibility index (Phi) is 5.67. The van der Waals surface area contributed by atoms with Gasteiger partial charge in [-0.3, -0.25) is 0 Å². The molecule has 0 aromatic carbocycles. The van der Waals surface area contributed by atoms with Crippen LogP contribution in [0.1, 0.15) is 13.8 Å². The second-order valence-electron chi connectivity index (χ2n) is 1.34. The molecule has 0 aromatic rings. The third-order valence-electron chi connectivity index (χ3n) is 0.521. The lowest BCUT2D eigenvalue weighted by Gasteiger charge is -2.03. The van der Waals surface area contributed by atoms with Crippen LogP contribution >= 0.6 is 34.4 Å². The van der Waals surface area contributed by atoms with Crippen LogP contribution in [-0.4, -0.2) is 15.2 Å². The average Bonchev–Trinajstić information content (AvgIpc) is 1.63. The summed E-state index contributed by atoms with van der Waals surface area (Å²) >= 11 is 3.23. The van der Waals surface area contributed by atoms with Crippen LogP contribution in [0.5, 0.6) is 0 Å². The van der Waals surface area contributed by atoms with Crippen molar-refractivity contribution in [2.45, 2.75) is 18.0 Å². The van der Waals surface area contributed by atoms with Crippen LogP contribution in [0.4, 0.5) is 4.79 Å². The summed E-state index contributed by atoms with van der Waals surface area (Å²) in [4.78, 5) is 10.6. The van der Waals surface area contributed by atoms with Crippen molar-refractivity contribution in [3.05, 3.63) is 0 Å². The molecular formula is C5H9IO2S. The van der Waals surface area contributed by atoms with Crippen molar-refractivity contribution in [1.82, 2.24) is 0 Å². The summed E-state index contributed by atoms with van der Waals surface area (Å²) in [6.45, 7) is 3.75. The van der Waals surface area contributed by atoms with E-state index in [1.54, 1.807) is 0 Å². The van der Waals surface area contributed by atoms with Gasteiger partial charge in [-0.15, -0.1) is 0 Å². The number of hydrogen-bond donors (Lipinski definition) is 0. The third-order valence-corrected chi connectivity index (χ3v) is 1.40. The quantitative estimate of drug-likeness (QED) is 0.433. The maximum atomic E-state index is 10.6. The van der Waals surface area contributed by atoms with E-state index in [0.717, 1.165) is 5.75 Å². The van der Waals surface area contributed by atoms with Crippen molar-refractivity contribution in [1.29, 1.82) is 0 Å². The van der Waals surface area contributed by atoms with Crippen LogP contribution in [0.2, 0.25) is 0 Å². The zero-order chi connectivity index (χ0) is 7.28. The number of halogens is 1. The fourth-order valence-electron chi connectivity index (χ4n) is 0.284. The van der Waals surface area contributed by atoms with Crippen LogP contribution in [0.3, 0.4) is 0 Å². The minimum Gasteiger partial charge on any atom is -0.444 e. The average molecular weight is 260 g/mol. The molecule has 0 saturated heterocycles. The van der Waals surface area contributed by atoms with E-state index < -0.39 is 0 Å². The van der Waals surface area contributed by atoms with Gasteiger partial charge in [-0.2, -0.15) is 0 Å². The SMILES string of the molecule is CCSC(=O)O[C@@H](C)I. The van der Waals surface area contributed by atoms with E-state index >= 15 is 0 Å². The topological polar surface area (TPSA) is 26.3 Å². The molecule has 0 N–H and O–H groups in total. The fourth-order valence-corrected chi connectivity index (χ4v) is 1.14. The summed E-state index contributed by atoms with van der Waals surface area (Å²) in [5, 5.41) is -0.181. The number of ether oxygens (including phenoxy) is 1. The van der Waals surface area contributed by atoms with Gasteiger partial charge in [0.1, 0.15) is 0 Å². The lowest BCUT2D eigenvalue weighted by atomic mass is 10.9. The molecule has 0 bridgehead atoms. The van der Waals surface area contributed by atoms with E-state index in [9.17, 15) is 4.79 Å². The first-order valence-corrected chi connectivity index (χ1v) is 4.87. The van der Waals surface area contributed by atoms with Crippen molar-refractivity contribution >= 4 is 39.7 Å². The predicted octanol–water partition coefficient (Wildman–Crippen LogP) is 2.66. The van der Waals surface area contributed by atoms with E-state index in [4.69, 9.17) is 4.74 Å². The van der Waals surface area contributed by atoms with E-state index in [2.05, 4.69) is 0 Å². The molecule has 0 rings (SSSR count). The van der Waals surface area contributed by atoms with Crippen molar-refractivity contribution in [3.8, 4) is 0 Å². The highest BCUT2D eigenvalue weighted by Crippen LogP contribution is 2.09. The van der Waals surface area contributed by atoms with Crippen LogP contribution < -0.4 is 0 Å². The molecule has 54 valence electrons. The summed E-state index contributed by atoms with van der Waals surface area (Å²) in [6, 6.07) is 0. The minimum absolute atomic E-state index is 0.0193. The Morgan fingerprint density at radius 2 is 2.44 bits per heavy atom. The van der Waals surface area contributed by atoms with Crippen molar-refractivity contribution in [2.24, 2.45) is 0 Å². The van der Waals surface area contributed by atoms with Gasteiger partial charge < -0.3 is 4.74 Å². The Labute approximate surface area is 72.9 Å². The van der Waals surface area contributed by atoms with Gasteiger partial charge in [-0.25, -0.2) is 4.79 Å². The van der Waals surface area contributed by atoms with Crippen molar-refractivity contribution in [3.63, 3.8) is 0 Å². The van der Waals surface area contributed by atoms with Gasteiger partial charge in [0, 0.05) is 5.75 Å². The lowest BCUT2D eigenvalue weighted by molar-refractivity contribution is 0.175. The molecular weight excluding hydrogens is 251 g/mol. The molecule has 0 fully saturated rings. The fraction of sp³-hybridized carbons (Fsp3) is 0.800. The molecule has 0 aliphatic heterocycles. The lowest BCUT2D eigenvalue weighted by Crippen LogP contribution is -2.02. The van der Waals surface area contributed by atoms with E-state index in [-0.39, 0.29) is 9.41 Å². The summed E-state index contributed by atoms with van der Waals surface area (Å²) in [5.41, 5.74) is 0. The molecule has 0 aromatic heterocycles. The molecule has 0 saturated carbocycles. The first-order valence-electron chi connectivity index (χ1n) is 2.64. The molecule has 0 aliphatic carbocycles. The van der Waals surface area contributed by atoms with Gasteiger partial charge in [-0.1, -0.05) is 6.92 Å². The highest BCUT2D eigenvalue weighted by Gasteiger charge is 2.03. The van der Waals surface area contributed by atoms with Crippen LogP contribution in [0.15, 0.2) is 0 Å². The van der Waals surface area contributed by atoms with Crippen molar-refractivity contribution < 1.29 is 9.53 Å². The minimum atomic E-state index is -0.181. The molecule has 1 atom stereocenters. The molecule has 9 heavy (non-hydrogen) atoms. The summed E-state index contributed by atoms with van der Waals surface area (Å²) < 4.78 is 4.78. The molecule has 2 nitrogen and oxygen atoms in total. The zero-order valence-corrected chi connectivity index (χ0v) is 8.36. The smallest absolute Gasteiger partial charge is 0.368 e. The molecule has 0 unspecified atom stereocenters. The normalized spacial score (nSPS) is 12.8. The maximum Gasteiger partial charge on any atom is 0.368 e. The van der Waals surface area contributed by atoms with Crippen molar-refractivity contribution in [2.75, 3.05) is 5.75 Å². The standard InChI is InChI=1S/C5H9IO2S/c1-3-9-5(7)8-4(2)6/h4H,3H2,1-2H3/t4-/m0/s1. The van der Waals surface area contributed by atoms with Gasteiger partial charge in [0.15, 0.2) is 4.11 Å². The van der Waals surface area contributed by atoms with Crippen LogP contribution in [-0.2, 0) is 4.74 Å². The Bertz CT molecular complexity index is 95.0. The first kappa shape index (κ1) is 9.55. The van der Waals surface area contributed by atoms with Gasteiger partial charge >= 0.3 is 5.30 Å². The Hall–Kier alpha value is 0.550. The number of carbonyl (C=O) groups excluding carboxylic acids is 1. The van der Waals surface area contributed by atoms with Gasteiger partial charge in [0.05, 0.1) is 0 Å². The number of alkyl halides is 1. The zero-order valence-electron chi connectivity index (χ0n) is 5.39. The Morgan fingerprint density at radius 1 is 1.89 bits per heavy atom. The van der Waals surface area contributed by atoms with Gasteiger partial charge in [0.2, 0.25) is 0 Å². The second kappa shape index (κ2) is 5.34. The molecule has 0 amide bonds. The van der Waals surface area contributed by atoms with E-state index in [1.165, 1.54) is 11.8 Å². The molecule has 0 spiro atoms. The van der Waals surface area contributed by atoms with Gasteiger partial charge in [0.25, 0.3) is 0 Å². The first-order chi connectivity index (χ1) is 4.16. The van der Waals surface area contributed by atoms with Crippen LogP contribution in [0.25, 0.3) is 0 Å². The largest absolute Gasteiger partial charge is 0.444 e. The summed E-state index contributed by atoms with van der Waals surface area (Å²) in [7, 11) is 0. The summed E-state index contributed by atoms with van der Waals surface area (Å²) in [6.07, 6.45) is 0. The van der Waals surface area contributed by atoms with Crippen LogP contribution in [0, 0.1) is 0 Å².